The lowest BCUT2D eigenvalue weighted by Gasteiger charge is -2.26. The molecule has 4 N–H and O–H groups in total. The van der Waals surface area contributed by atoms with Crippen molar-refractivity contribution in [3.05, 3.63) is 6.33 Å². The molecular formula is C12H16FN5O4. The maximum Gasteiger partial charge on any atom is 0.246 e. The second-order valence-electron chi connectivity index (χ2n) is 5.25. The van der Waals surface area contributed by atoms with Crippen molar-refractivity contribution in [3.8, 4) is 5.88 Å². The van der Waals surface area contributed by atoms with Crippen LogP contribution in [0.3, 0.4) is 0 Å². The molecule has 4 atom stereocenters. The zero-order valence-corrected chi connectivity index (χ0v) is 12.0. The largest absolute Gasteiger partial charge is 0.479 e. The van der Waals surface area contributed by atoms with Gasteiger partial charge in [0.1, 0.15) is 11.7 Å². The number of halogens is 1. The Balaban J connectivity index is 2.13. The first-order valence-electron chi connectivity index (χ1n) is 6.57. The highest BCUT2D eigenvalue weighted by atomic mass is 19.1. The molecule has 1 aliphatic heterocycles. The molecule has 1 fully saturated rings. The highest BCUT2D eigenvalue weighted by molar-refractivity contribution is 5.77. The first-order valence-corrected chi connectivity index (χ1v) is 6.57. The van der Waals surface area contributed by atoms with E-state index in [0.29, 0.717) is 5.52 Å². The number of aliphatic hydroxyl groups excluding tert-OH is 1. The van der Waals surface area contributed by atoms with Gasteiger partial charge in [-0.05, 0) is 6.92 Å². The van der Waals surface area contributed by atoms with Gasteiger partial charge in [0.05, 0.1) is 20.0 Å². The van der Waals surface area contributed by atoms with Gasteiger partial charge in [0.25, 0.3) is 0 Å². The number of aromatic nitrogens is 4. The molecule has 0 amide bonds. The second kappa shape index (κ2) is 5.00. The number of nitrogen functional groups attached to an aromatic ring is 1. The molecule has 1 aliphatic rings. The van der Waals surface area contributed by atoms with Crippen LogP contribution in [0.25, 0.3) is 11.2 Å². The van der Waals surface area contributed by atoms with E-state index in [-0.39, 0.29) is 17.5 Å². The van der Waals surface area contributed by atoms with Crippen molar-refractivity contribution in [1.29, 1.82) is 0 Å². The minimum absolute atomic E-state index is 0.0563. The molecule has 0 aromatic carbocycles. The van der Waals surface area contributed by atoms with E-state index in [0.717, 1.165) is 0 Å². The summed E-state index contributed by atoms with van der Waals surface area (Å²) in [5.41, 5.74) is 4.29. The number of rotatable bonds is 3. The molecule has 0 spiro atoms. The molecule has 10 heteroatoms. The summed E-state index contributed by atoms with van der Waals surface area (Å²) in [4.78, 5) is 12.0. The molecule has 0 bridgehead atoms. The number of ether oxygens (including phenoxy) is 2. The molecule has 0 saturated carbocycles. The number of nitrogens with zero attached hydrogens (tertiary/aromatic N) is 4. The molecule has 1 unspecified atom stereocenters. The average Bonchev–Trinajstić information content (AvgIpc) is 2.98. The number of nitrogens with two attached hydrogens (primary N) is 1. The number of aliphatic hydroxyl groups is 2. The Morgan fingerprint density at radius 3 is 2.86 bits per heavy atom. The fourth-order valence-corrected chi connectivity index (χ4v) is 2.59. The third-order valence-corrected chi connectivity index (χ3v) is 3.72. The van der Waals surface area contributed by atoms with Gasteiger partial charge in [-0.3, -0.25) is 4.57 Å². The standard InChI is InChI=1S/C12H16FN5O4/c1-12(20)7(13)5(3-19)22-10(12)18-4-15-6-8(18)16-11(14)17-9(6)21-2/h4-5,7,10,19-20H,3H2,1-2H3,(H2,14,16,17)/t5-,7-,10?,12-/m1/s1. The number of imidazole rings is 1. The predicted octanol–water partition coefficient (Wildman–Crippen LogP) is -0.604. The van der Waals surface area contributed by atoms with Crippen molar-refractivity contribution in [2.75, 3.05) is 19.5 Å². The normalized spacial score (nSPS) is 31.8. The lowest BCUT2D eigenvalue weighted by atomic mass is 9.98. The summed E-state index contributed by atoms with van der Waals surface area (Å²) in [6, 6.07) is 0. The molecule has 1 saturated heterocycles. The zero-order chi connectivity index (χ0) is 16.1. The highest BCUT2D eigenvalue weighted by Gasteiger charge is 2.54. The van der Waals surface area contributed by atoms with Crippen LogP contribution < -0.4 is 10.5 Å². The van der Waals surface area contributed by atoms with E-state index in [2.05, 4.69) is 15.0 Å². The Bertz CT molecular complexity index is 706. The molecule has 3 heterocycles. The molecule has 2 aromatic rings. The van der Waals surface area contributed by atoms with E-state index in [1.54, 1.807) is 0 Å². The zero-order valence-electron chi connectivity index (χ0n) is 12.0. The Morgan fingerprint density at radius 2 is 2.27 bits per heavy atom. The fraction of sp³-hybridized carbons (Fsp3) is 0.583. The summed E-state index contributed by atoms with van der Waals surface area (Å²) in [5, 5.41) is 19.5. The minimum Gasteiger partial charge on any atom is -0.479 e. The highest BCUT2D eigenvalue weighted by Crippen LogP contribution is 2.41. The van der Waals surface area contributed by atoms with Crippen molar-refractivity contribution in [2.24, 2.45) is 0 Å². The van der Waals surface area contributed by atoms with Crippen LogP contribution in [0.4, 0.5) is 10.3 Å². The van der Waals surface area contributed by atoms with Crippen LogP contribution in [-0.2, 0) is 4.74 Å². The van der Waals surface area contributed by atoms with E-state index in [1.807, 2.05) is 0 Å². The molecule has 2 aromatic heterocycles. The van der Waals surface area contributed by atoms with E-state index in [9.17, 15) is 9.50 Å². The third-order valence-electron chi connectivity index (χ3n) is 3.72. The van der Waals surface area contributed by atoms with Crippen LogP contribution >= 0.6 is 0 Å². The number of anilines is 1. The fourth-order valence-electron chi connectivity index (χ4n) is 2.59. The average molecular weight is 313 g/mol. The quantitative estimate of drug-likeness (QED) is 0.685. The maximum atomic E-state index is 14.2. The van der Waals surface area contributed by atoms with E-state index in [1.165, 1.54) is 24.9 Å². The van der Waals surface area contributed by atoms with Crippen molar-refractivity contribution < 1.29 is 24.1 Å². The number of alkyl halides is 1. The summed E-state index contributed by atoms with van der Waals surface area (Å²) >= 11 is 0. The van der Waals surface area contributed by atoms with Gasteiger partial charge in [-0.25, -0.2) is 9.37 Å². The Labute approximate surface area is 124 Å². The van der Waals surface area contributed by atoms with Crippen LogP contribution in [0.2, 0.25) is 0 Å². The summed E-state index contributed by atoms with van der Waals surface area (Å²) in [6.07, 6.45) is -2.70. The maximum absolute atomic E-state index is 14.2. The Hall–Kier alpha value is -2.04. The second-order valence-corrected chi connectivity index (χ2v) is 5.25. The van der Waals surface area contributed by atoms with Gasteiger partial charge in [-0.2, -0.15) is 9.97 Å². The van der Waals surface area contributed by atoms with Gasteiger partial charge in [0, 0.05) is 0 Å². The molecule has 120 valence electrons. The summed E-state index contributed by atoms with van der Waals surface area (Å²) in [5.74, 6) is 0.105. The smallest absolute Gasteiger partial charge is 0.246 e. The number of methoxy groups -OCH3 is 1. The van der Waals surface area contributed by atoms with Gasteiger partial charge in [0.15, 0.2) is 23.6 Å². The number of hydrogen-bond acceptors (Lipinski definition) is 8. The van der Waals surface area contributed by atoms with Gasteiger partial charge in [-0.1, -0.05) is 0 Å². The van der Waals surface area contributed by atoms with Crippen LogP contribution in [0.5, 0.6) is 5.88 Å². The number of fused-ring (bicyclic) bond motifs is 1. The Kier molecular flexibility index (Phi) is 3.38. The van der Waals surface area contributed by atoms with Crippen LogP contribution in [0.1, 0.15) is 13.2 Å². The lowest BCUT2D eigenvalue weighted by Crippen LogP contribution is -2.41. The van der Waals surface area contributed by atoms with E-state index >= 15 is 0 Å². The van der Waals surface area contributed by atoms with Crippen LogP contribution in [0.15, 0.2) is 6.33 Å². The van der Waals surface area contributed by atoms with Gasteiger partial charge < -0.3 is 25.4 Å². The van der Waals surface area contributed by atoms with Crippen molar-refractivity contribution in [2.45, 2.75) is 31.0 Å². The predicted molar refractivity (Wildman–Crippen MR) is 72.8 cm³/mol. The minimum atomic E-state index is -1.87. The van der Waals surface area contributed by atoms with Gasteiger partial charge in [0.2, 0.25) is 11.8 Å². The first kappa shape index (κ1) is 14.9. The SMILES string of the molecule is COc1nc(N)nc2c1ncn2C1O[C@H](CO)[C@@H](F)[C@@]1(C)O. The molecule has 22 heavy (non-hydrogen) atoms. The third kappa shape index (κ3) is 1.99. The topological polar surface area (TPSA) is 129 Å². The summed E-state index contributed by atoms with van der Waals surface area (Å²) < 4.78 is 26.0. The van der Waals surface area contributed by atoms with Crippen molar-refractivity contribution in [3.63, 3.8) is 0 Å². The van der Waals surface area contributed by atoms with E-state index < -0.39 is 30.7 Å². The van der Waals surface area contributed by atoms with E-state index in [4.69, 9.17) is 20.3 Å². The monoisotopic (exact) mass is 313 g/mol. The van der Waals surface area contributed by atoms with Gasteiger partial charge in [-0.15, -0.1) is 0 Å². The lowest BCUT2D eigenvalue weighted by molar-refractivity contribution is -0.0892. The van der Waals surface area contributed by atoms with Crippen LogP contribution in [0, 0.1) is 0 Å². The Morgan fingerprint density at radius 1 is 1.55 bits per heavy atom. The van der Waals surface area contributed by atoms with Crippen LogP contribution in [-0.4, -0.2) is 61.3 Å². The number of hydrogen-bond donors (Lipinski definition) is 3. The summed E-state index contributed by atoms with van der Waals surface area (Å²) in [6.45, 7) is 0.729. The molecular weight excluding hydrogens is 297 g/mol. The van der Waals surface area contributed by atoms with Crippen molar-refractivity contribution in [1.82, 2.24) is 19.5 Å². The molecule has 3 rings (SSSR count). The molecule has 0 radical (unpaired) electrons. The summed E-state index contributed by atoms with van der Waals surface area (Å²) in [7, 11) is 1.40. The molecule has 0 aliphatic carbocycles. The molecule has 9 nitrogen and oxygen atoms in total. The van der Waals surface area contributed by atoms with Gasteiger partial charge >= 0.3 is 0 Å². The van der Waals surface area contributed by atoms with Crippen molar-refractivity contribution >= 4 is 17.1 Å². The first-order chi connectivity index (χ1) is 10.4.